The van der Waals surface area contributed by atoms with Crippen molar-refractivity contribution >= 4 is 39.1 Å². The minimum absolute atomic E-state index is 0.000263. The number of hydrogen-bond donors (Lipinski definition) is 0. The number of aryl methyl sites for hydroxylation is 1. The van der Waals surface area contributed by atoms with Gasteiger partial charge in [-0.25, -0.2) is 4.98 Å². The molecular weight excluding hydrogens is 370 g/mol. The van der Waals surface area contributed by atoms with Crippen LogP contribution >= 0.6 is 11.3 Å². The maximum atomic E-state index is 12.9. The molecule has 1 aromatic heterocycles. The zero-order valence-electron chi connectivity index (χ0n) is 16.1. The molecule has 1 aliphatic heterocycles. The summed E-state index contributed by atoms with van der Waals surface area (Å²) in [6.07, 6.45) is 1.23. The smallest absolute Gasteiger partial charge is 0.228 e. The van der Waals surface area contributed by atoms with E-state index in [-0.39, 0.29) is 24.2 Å². The van der Waals surface area contributed by atoms with E-state index in [1.54, 1.807) is 28.2 Å². The highest BCUT2D eigenvalue weighted by molar-refractivity contribution is 7.18. The van der Waals surface area contributed by atoms with Crippen molar-refractivity contribution in [1.29, 1.82) is 0 Å². The van der Waals surface area contributed by atoms with Crippen molar-refractivity contribution in [2.24, 2.45) is 5.92 Å². The molecule has 0 bridgehead atoms. The predicted octanol–water partition coefficient (Wildman–Crippen LogP) is 3.87. The van der Waals surface area contributed by atoms with Gasteiger partial charge in [-0.2, -0.15) is 0 Å². The van der Waals surface area contributed by atoms with Gasteiger partial charge in [-0.05, 0) is 36.2 Å². The van der Waals surface area contributed by atoms with Crippen molar-refractivity contribution in [3.05, 3.63) is 59.1 Å². The maximum absolute atomic E-state index is 12.9. The van der Waals surface area contributed by atoms with Crippen LogP contribution in [0.4, 0.5) is 5.69 Å². The molecule has 0 radical (unpaired) electrons. The number of para-hydroxylation sites is 1. The van der Waals surface area contributed by atoms with Crippen molar-refractivity contribution in [1.82, 2.24) is 9.88 Å². The monoisotopic (exact) mass is 393 g/mol. The number of fused-ring (bicyclic) bond motifs is 1. The largest absolute Gasteiger partial charge is 0.339 e. The number of anilines is 1. The molecule has 0 unspecified atom stereocenters. The number of carbonyl (C=O) groups is 2. The summed E-state index contributed by atoms with van der Waals surface area (Å²) in [4.78, 5) is 33.4. The average molecular weight is 394 g/mol. The lowest BCUT2D eigenvalue weighted by molar-refractivity contribution is -0.135. The Bertz CT molecular complexity index is 979. The lowest BCUT2D eigenvalue weighted by Gasteiger charge is -2.21. The Morgan fingerprint density at radius 1 is 1.21 bits per heavy atom. The van der Waals surface area contributed by atoms with Crippen LogP contribution in [0.15, 0.2) is 48.5 Å². The molecular formula is C22H23N3O2S. The van der Waals surface area contributed by atoms with Crippen molar-refractivity contribution in [2.45, 2.75) is 26.3 Å². The van der Waals surface area contributed by atoms with Gasteiger partial charge >= 0.3 is 0 Å². The fourth-order valence-electron chi connectivity index (χ4n) is 3.61. The molecule has 1 saturated heterocycles. The number of amides is 2. The molecule has 1 fully saturated rings. The van der Waals surface area contributed by atoms with Crippen LogP contribution in [0.2, 0.25) is 0 Å². The summed E-state index contributed by atoms with van der Waals surface area (Å²) in [7, 11) is 1.79. The Balaban J connectivity index is 1.43. The van der Waals surface area contributed by atoms with Gasteiger partial charge in [0.2, 0.25) is 11.8 Å². The van der Waals surface area contributed by atoms with E-state index >= 15 is 0 Å². The first-order valence-corrected chi connectivity index (χ1v) is 10.4. The summed E-state index contributed by atoms with van der Waals surface area (Å²) in [6.45, 7) is 3.01. The average Bonchev–Trinajstić information content (AvgIpc) is 3.30. The zero-order valence-corrected chi connectivity index (χ0v) is 16.9. The van der Waals surface area contributed by atoms with Crippen LogP contribution in [0.5, 0.6) is 0 Å². The number of nitrogens with zero attached hydrogens (tertiary/aromatic N) is 3. The van der Waals surface area contributed by atoms with Crippen LogP contribution < -0.4 is 4.90 Å². The first kappa shape index (κ1) is 18.6. The maximum Gasteiger partial charge on any atom is 0.228 e. The lowest BCUT2D eigenvalue weighted by Crippen LogP contribution is -2.34. The lowest BCUT2D eigenvalue weighted by atomic mass is 10.1. The van der Waals surface area contributed by atoms with Crippen LogP contribution in [0.25, 0.3) is 10.2 Å². The molecule has 3 aromatic rings. The Morgan fingerprint density at radius 2 is 1.96 bits per heavy atom. The molecule has 2 aromatic carbocycles. The van der Waals surface area contributed by atoms with Crippen LogP contribution in [0.1, 0.15) is 23.9 Å². The molecule has 28 heavy (non-hydrogen) atoms. The van der Waals surface area contributed by atoms with Crippen molar-refractivity contribution < 1.29 is 9.59 Å². The molecule has 0 spiro atoms. The second kappa shape index (κ2) is 7.72. The highest BCUT2D eigenvalue weighted by Gasteiger charge is 2.36. The van der Waals surface area contributed by atoms with Gasteiger partial charge in [-0.1, -0.05) is 31.2 Å². The minimum atomic E-state index is -0.308. The van der Waals surface area contributed by atoms with Crippen molar-refractivity contribution in [2.75, 3.05) is 18.5 Å². The number of rotatable bonds is 5. The minimum Gasteiger partial charge on any atom is -0.339 e. The first-order valence-electron chi connectivity index (χ1n) is 9.54. The second-order valence-electron chi connectivity index (χ2n) is 7.20. The molecule has 144 valence electrons. The number of thiazole rings is 1. The van der Waals surface area contributed by atoms with E-state index in [1.165, 1.54) is 5.56 Å². The van der Waals surface area contributed by atoms with E-state index in [0.29, 0.717) is 13.1 Å². The molecule has 2 heterocycles. The van der Waals surface area contributed by atoms with E-state index < -0.39 is 0 Å². The summed E-state index contributed by atoms with van der Waals surface area (Å²) in [5, 5.41) is 0.911. The van der Waals surface area contributed by atoms with Crippen molar-refractivity contribution in [3.63, 3.8) is 0 Å². The summed E-state index contributed by atoms with van der Waals surface area (Å²) in [5.41, 5.74) is 3.06. The first-order chi connectivity index (χ1) is 13.5. The molecule has 0 saturated carbocycles. The summed E-state index contributed by atoms with van der Waals surface area (Å²) < 4.78 is 1.12. The molecule has 1 aliphatic rings. The van der Waals surface area contributed by atoms with Crippen LogP contribution in [-0.2, 0) is 22.6 Å². The van der Waals surface area contributed by atoms with Crippen LogP contribution in [0, 0.1) is 5.92 Å². The Kier molecular flexibility index (Phi) is 5.13. The number of carbonyl (C=O) groups excluding carboxylic acids is 2. The van der Waals surface area contributed by atoms with E-state index in [0.717, 1.165) is 27.3 Å². The number of benzene rings is 2. The molecule has 4 rings (SSSR count). The van der Waals surface area contributed by atoms with Crippen molar-refractivity contribution in [3.8, 4) is 0 Å². The Labute approximate surface area is 168 Å². The third-order valence-corrected chi connectivity index (χ3v) is 6.24. The standard InChI is InChI=1S/C22H23N3O2S/c1-3-15-8-10-17(11-9-15)25-13-16(12-21(25)26)22(27)24(2)14-20-23-18-6-4-5-7-19(18)28-20/h4-11,16H,3,12-14H2,1-2H3/t16-/m0/s1. The topological polar surface area (TPSA) is 53.5 Å². The molecule has 6 heteroatoms. The SMILES string of the molecule is CCc1ccc(N2C[C@@H](C(=O)N(C)Cc3nc4ccccc4s3)CC2=O)cc1. The van der Waals surface area contributed by atoms with E-state index in [1.807, 2.05) is 48.5 Å². The highest BCUT2D eigenvalue weighted by Crippen LogP contribution is 2.28. The molecule has 1 atom stereocenters. The molecule has 5 nitrogen and oxygen atoms in total. The fraction of sp³-hybridized carbons (Fsp3) is 0.318. The van der Waals surface area contributed by atoms with Gasteiger partial charge in [-0.3, -0.25) is 9.59 Å². The van der Waals surface area contributed by atoms with Gasteiger partial charge in [0, 0.05) is 25.7 Å². The predicted molar refractivity (Wildman–Crippen MR) is 112 cm³/mol. The van der Waals surface area contributed by atoms with E-state index in [4.69, 9.17) is 0 Å². The van der Waals surface area contributed by atoms with Crippen LogP contribution in [0.3, 0.4) is 0 Å². The summed E-state index contributed by atoms with van der Waals surface area (Å²) in [5.74, 6) is -0.297. The van der Waals surface area contributed by atoms with Gasteiger partial charge in [0.25, 0.3) is 0 Å². The molecule has 0 aliphatic carbocycles. The molecule has 2 amide bonds. The third-order valence-electron chi connectivity index (χ3n) is 5.22. The van der Waals surface area contributed by atoms with E-state index in [9.17, 15) is 9.59 Å². The van der Waals surface area contributed by atoms with Gasteiger partial charge in [0.15, 0.2) is 0 Å². The number of aromatic nitrogens is 1. The van der Waals surface area contributed by atoms with E-state index in [2.05, 4.69) is 11.9 Å². The second-order valence-corrected chi connectivity index (χ2v) is 8.31. The van der Waals surface area contributed by atoms with Gasteiger partial charge in [0.1, 0.15) is 5.01 Å². The fourth-order valence-corrected chi connectivity index (χ4v) is 4.64. The van der Waals surface area contributed by atoms with Gasteiger partial charge < -0.3 is 9.80 Å². The third kappa shape index (κ3) is 3.64. The zero-order chi connectivity index (χ0) is 19.7. The Hall–Kier alpha value is -2.73. The molecule has 0 N–H and O–H groups in total. The number of hydrogen-bond acceptors (Lipinski definition) is 4. The quantitative estimate of drug-likeness (QED) is 0.661. The van der Waals surface area contributed by atoms with Gasteiger partial charge in [-0.15, -0.1) is 11.3 Å². The summed E-state index contributed by atoms with van der Waals surface area (Å²) >= 11 is 1.60. The normalized spacial score (nSPS) is 16.7. The highest BCUT2D eigenvalue weighted by atomic mass is 32.1. The van der Waals surface area contributed by atoms with Crippen LogP contribution in [-0.4, -0.2) is 35.3 Å². The Morgan fingerprint density at radius 3 is 2.68 bits per heavy atom. The van der Waals surface area contributed by atoms with Gasteiger partial charge in [0.05, 0.1) is 22.7 Å². The summed E-state index contributed by atoms with van der Waals surface area (Å²) in [6, 6.07) is 16.0.